The molecule has 0 radical (unpaired) electrons. The lowest BCUT2D eigenvalue weighted by Crippen LogP contribution is -2.34. The number of hydrazone groups is 1. The van der Waals surface area contributed by atoms with Gasteiger partial charge in [0.25, 0.3) is 11.8 Å². The summed E-state index contributed by atoms with van der Waals surface area (Å²) in [7, 11) is 0. The minimum absolute atomic E-state index is 0.121. The van der Waals surface area contributed by atoms with E-state index in [0.717, 1.165) is 0 Å². The average Bonchev–Trinajstić information content (AvgIpc) is 3.32. The van der Waals surface area contributed by atoms with Crippen LogP contribution < -0.4 is 10.7 Å². The Balaban J connectivity index is 1.52. The van der Waals surface area contributed by atoms with Crippen molar-refractivity contribution in [1.29, 1.82) is 0 Å². The Bertz CT molecular complexity index is 980. The zero-order valence-corrected chi connectivity index (χ0v) is 15.3. The zero-order valence-electron chi connectivity index (χ0n) is 13.7. The summed E-state index contributed by atoms with van der Waals surface area (Å²) in [6.45, 7) is -0.249. The zero-order chi connectivity index (χ0) is 19.2. The maximum Gasteiger partial charge on any atom is 0.287 e. The number of carbonyl (C=O) groups is 2. The molecule has 0 saturated carbocycles. The third-order valence-corrected chi connectivity index (χ3v) is 3.91. The fourth-order valence-electron chi connectivity index (χ4n) is 2.12. The Labute approximate surface area is 163 Å². The molecule has 0 atom stereocenters. The molecular formula is C18H13Cl2N3O4. The second-order valence-corrected chi connectivity index (χ2v) is 6.12. The lowest BCUT2D eigenvalue weighted by molar-refractivity contribution is -0.120. The normalized spacial score (nSPS) is 10.9. The molecule has 2 aromatic heterocycles. The van der Waals surface area contributed by atoms with E-state index >= 15 is 0 Å². The van der Waals surface area contributed by atoms with Crippen LogP contribution in [0.1, 0.15) is 16.3 Å². The molecule has 9 heteroatoms. The van der Waals surface area contributed by atoms with Crippen LogP contribution in [0.25, 0.3) is 11.3 Å². The Morgan fingerprint density at radius 1 is 1.15 bits per heavy atom. The van der Waals surface area contributed by atoms with Gasteiger partial charge >= 0.3 is 0 Å². The van der Waals surface area contributed by atoms with Crippen molar-refractivity contribution in [3.63, 3.8) is 0 Å². The minimum Gasteiger partial charge on any atom is -0.459 e. The SMILES string of the molecule is O=C(CNC(=O)c1ccco1)N/N=C/c1ccc(-c2ccc(Cl)cc2Cl)o1. The van der Waals surface area contributed by atoms with Crippen molar-refractivity contribution < 1.29 is 18.4 Å². The van der Waals surface area contributed by atoms with Gasteiger partial charge < -0.3 is 14.2 Å². The Kier molecular flexibility index (Phi) is 5.95. The number of hydrogen-bond donors (Lipinski definition) is 2. The summed E-state index contributed by atoms with van der Waals surface area (Å²) in [6, 6.07) is 11.5. The molecular weight excluding hydrogens is 393 g/mol. The van der Waals surface area contributed by atoms with Crippen LogP contribution >= 0.6 is 23.2 Å². The van der Waals surface area contributed by atoms with Gasteiger partial charge in [0.05, 0.1) is 24.0 Å². The fraction of sp³-hybridized carbons (Fsp3) is 0.0556. The summed E-state index contributed by atoms with van der Waals surface area (Å²) < 4.78 is 10.5. The van der Waals surface area contributed by atoms with E-state index in [1.54, 1.807) is 36.4 Å². The van der Waals surface area contributed by atoms with Crippen molar-refractivity contribution in [3.05, 3.63) is 70.3 Å². The fourth-order valence-corrected chi connectivity index (χ4v) is 2.62. The molecule has 138 valence electrons. The summed E-state index contributed by atoms with van der Waals surface area (Å²) in [5.41, 5.74) is 2.97. The van der Waals surface area contributed by atoms with E-state index in [-0.39, 0.29) is 12.3 Å². The van der Waals surface area contributed by atoms with E-state index < -0.39 is 11.8 Å². The first-order chi connectivity index (χ1) is 13.0. The highest BCUT2D eigenvalue weighted by Crippen LogP contribution is 2.31. The van der Waals surface area contributed by atoms with E-state index in [1.165, 1.54) is 18.5 Å². The topological polar surface area (TPSA) is 96.8 Å². The molecule has 0 aliphatic heterocycles. The summed E-state index contributed by atoms with van der Waals surface area (Å²) >= 11 is 12.0. The van der Waals surface area contributed by atoms with Crippen LogP contribution in [0.15, 0.2) is 62.7 Å². The standard InChI is InChI=1S/C18H13Cl2N3O4/c19-11-3-5-13(14(20)8-11)15-6-4-12(27-15)9-22-23-17(24)10-21-18(25)16-2-1-7-26-16/h1-9H,10H2,(H,21,25)(H,23,24)/b22-9+. The Hall–Kier alpha value is -3.03. The number of furan rings is 2. The van der Waals surface area contributed by atoms with Crippen LogP contribution in [0.5, 0.6) is 0 Å². The molecule has 0 aliphatic rings. The van der Waals surface area contributed by atoms with E-state index in [0.29, 0.717) is 27.1 Å². The Morgan fingerprint density at radius 2 is 2.00 bits per heavy atom. The highest BCUT2D eigenvalue weighted by atomic mass is 35.5. The van der Waals surface area contributed by atoms with Gasteiger partial charge in [-0.25, -0.2) is 5.43 Å². The first-order valence-corrected chi connectivity index (χ1v) is 8.47. The summed E-state index contributed by atoms with van der Waals surface area (Å²) in [5.74, 6) is 0.0784. The third-order valence-electron chi connectivity index (χ3n) is 3.36. The monoisotopic (exact) mass is 405 g/mol. The molecule has 0 fully saturated rings. The molecule has 3 rings (SSSR count). The maximum atomic E-state index is 11.7. The summed E-state index contributed by atoms with van der Waals surface area (Å²) in [4.78, 5) is 23.3. The van der Waals surface area contributed by atoms with Gasteiger partial charge in [-0.05, 0) is 42.5 Å². The highest BCUT2D eigenvalue weighted by Gasteiger charge is 2.10. The molecule has 3 aromatic rings. The predicted octanol–water partition coefficient (Wildman–Crippen LogP) is 3.73. The van der Waals surface area contributed by atoms with Crippen LogP contribution in [0.2, 0.25) is 10.0 Å². The number of halogens is 2. The molecule has 2 N–H and O–H groups in total. The number of amides is 2. The van der Waals surface area contributed by atoms with Crippen LogP contribution in [0.4, 0.5) is 0 Å². The predicted molar refractivity (Wildman–Crippen MR) is 101 cm³/mol. The van der Waals surface area contributed by atoms with E-state index in [2.05, 4.69) is 15.8 Å². The highest BCUT2D eigenvalue weighted by molar-refractivity contribution is 6.36. The Morgan fingerprint density at radius 3 is 2.74 bits per heavy atom. The van der Waals surface area contributed by atoms with Crippen LogP contribution in [0, 0.1) is 0 Å². The van der Waals surface area contributed by atoms with E-state index in [9.17, 15) is 9.59 Å². The van der Waals surface area contributed by atoms with Crippen molar-refractivity contribution in [2.24, 2.45) is 5.10 Å². The van der Waals surface area contributed by atoms with Gasteiger partial charge in [0, 0.05) is 10.6 Å². The maximum absolute atomic E-state index is 11.7. The van der Waals surface area contributed by atoms with E-state index in [4.69, 9.17) is 32.0 Å². The van der Waals surface area contributed by atoms with Crippen LogP contribution in [0.3, 0.4) is 0 Å². The molecule has 2 amide bonds. The molecule has 7 nitrogen and oxygen atoms in total. The molecule has 0 aliphatic carbocycles. The van der Waals surface area contributed by atoms with Gasteiger partial charge in [-0.2, -0.15) is 5.10 Å². The first kappa shape index (κ1) is 18.8. The quantitative estimate of drug-likeness (QED) is 0.482. The molecule has 0 unspecified atom stereocenters. The largest absolute Gasteiger partial charge is 0.459 e. The van der Waals surface area contributed by atoms with Crippen LogP contribution in [-0.2, 0) is 4.79 Å². The van der Waals surface area contributed by atoms with Gasteiger partial charge in [-0.3, -0.25) is 9.59 Å². The van der Waals surface area contributed by atoms with Gasteiger partial charge in [0.15, 0.2) is 5.76 Å². The molecule has 1 aromatic carbocycles. The van der Waals surface area contributed by atoms with Crippen molar-refractivity contribution in [2.75, 3.05) is 6.54 Å². The van der Waals surface area contributed by atoms with Crippen molar-refractivity contribution >= 4 is 41.2 Å². The molecule has 0 bridgehead atoms. The molecule has 0 saturated heterocycles. The first-order valence-electron chi connectivity index (χ1n) is 7.72. The third kappa shape index (κ3) is 4.99. The van der Waals surface area contributed by atoms with Gasteiger partial charge in [0.2, 0.25) is 0 Å². The van der Waals surface area contributed by atoms with Crippen molar-refractivity contribution in [3.8, 4) is 11.3 Å². The van der Waals surface area contributed by atoms with Gasteiger partial charge in [-0.15, -0.1) is 0 Å². The molecule has 2 heterocycles. The van der Waals surface area contributed by atoms with Crippen LogP contribution in [-0.4, -0.2) is 24.6 Å². The van der Waals surface area contributed by atoms with Crippen molar-refractivity contribution in [1.82, 2.24) is 10.7 Å². The number of nitrogens with one attached hydrogen (secondary N) is 2. The second-order valence-electron chi connectivity index (χ2n) is 5.28. The number of nitrogens with zero attached hydrogens (tertiary/aromatic N) is 1. The second kappa shape index (κ2) is 8.57. The smallest absolute Gasteiger partial charge is 0.287 e. The lowest BCUT2D eigenvalue weighted by atomic mass is 10.2. The van der Waals surface area contributed by atoms with Crippen molar-refractivity contribution in [2.45, 2.75) is 0 Å². The van der Waals surface area contributed by atoms with E-state index in [1.807, 2.05) is 0 Å². The summed E-state index contributed by atoms with van der Waals surface area (Å²) in [6.07, 6.45) is 2.70. The molecule has 0 spiro atoms. The number of rotatable bonds is 6. The lowest BCUT2D eigenvalue weighted by Gasteiger charge is -2.01. The minimum atomic E-state index is -0.501. The number of benzene rings is 1. The van der Waals surface area contributed by atoms with Gasteiger partial charge in [0.1, 0.15) is 11.5 Å². The summed E-state index contributed by atoms with van der Waals surface area (Å²) in [5, 5.41) is 7.17. The molecule has 27 heavy (non-hydrogen) atoms. The average molecular weight is 406 g/mol. The van der Waals surface area contributed by atoms with Gasteiger partial charge in [-0.1, -0.05) is 23.2 Å². The number of hydrogen-bond acceptors (Lipinski definition) is 5. The number of carbonyl (C=O) groups excluding carboxylic acids is 2.